The molecule has 0 heterocycles. The van der Waals surface area contributed by atoms with Gasteiger partial charge in [0.2, 0.25) is 5.91 Å². The van der Waals surface area contributed by atoms with Crippen LogP contribution in [0.1, 0.15) is 24.1 Å². The van der Waals surface area contributed by atoms with Crippen molar-refractivity contribution in [3.63, 3.8) is 0 Å². The van der Waals surface area contributed by atoms with Gasteiger partial charge in [0.05, 0.1) is 12.6 Å². The standard InChI is InChI=1S/C20H23ClN2O3S/c1-2-26-20(25)18(15-6-4-3-5-7-15)23-19(24)17(22)13-27-12-14-8-10-16(21)11-9-14/h3-11,17-18H,2,12-13,22H2,1H3,(H,23,24)/t17?,18-/m1/s1. The van der Waals surface area contributed by atoms with Gasteiger partial charge in [-0.2, -0.15) is 11.8 Å². The van der Waals surface area contributed by atoms with Crippen molar-refractivity contribution < 1.29 is 14.3 Å². The maximum absolute atomic E-state index is 12.4. The highest BCUT2D eigenvalue weighted by atomic mass is 35.5. The second-order valence-electron chi connectivity index (χ2n) is 5.85. The van der Waals surface area contributed by atoms with E-state index in [2.05, 4.69) is 5.32 Å². The summed E-state index contributed by atoms with van der Waals surface area (Å²) in [7, 11) is 0. The Bertz CT molecular complexity index is 741. The first-order valence-electron chi connectivity index (χ1n) is 8.61. The maximum Gasteiger partial charge on any atom is 0.333 e. The number of ether oxygens (including phenoxy) is 1. The quantitative estimate of drug-likeness (QED) is 0.624. The van der Waals surface area contributed by atoms with E-state index >= 15 is 0 Å². The summed E-state index contributed by atoms with van der Waals surface area (Å²) in [4.78, 5) is 24.7. The number of benzene rings is 2. The lowest BCUT2D eigenvalue weighted by atomic mass is 10.1. The zero-order chi connectivity index (χ0) is 19.6. The summed E-state index contributed by atoms with van der Waals surface area (Å²) in [6.45, 7) is 1.96. The number of hydrogen-bond donors (Lipinski definition) is 2. The zero-order valence-electron chi connectivity index (χ0n) is 15.1. The van der Waals surface area contributed by atoms with Gasteiger partial charge in [-0.05, 0) is 30.2 Å². The first-order chi connectivity index (χ1) is 13.0. The molecule has 0 aliphatic rings. The number of thioether (sulfide) groups is 1. The molecule has 0 fully saturated rings. The third-order valence-electron chi connectivity index (χ3n) is 3.76. The minimum Gasteiger partial charge on any atom is -0.464 e. The molecule has 144 valence electrons. The number of amides is 1. The van der Waals surface area contributed by atoms with Crippen molar-refractivity contribution in [3.05, 3.63) is 70.7 Å². The van der Waals surface area contributed by atoms with Gasteiger partial charge in [-0.3, -0.25) is 4.79 Å². The van der Waals surface area contributed by atoms with Gasteiger partial charge >= 0.3 is 5.97 Å². The molecule has 0 aliphatic carbocycles. The van der Waals surface area contributed by atoms with E-state index in [0.717, 1.165) is 11.3 Å². The van der Waals surface area contributed by atoms with Crippen molar-refractivity contribution in [2.45, 2.75) is 24.8 Å². The zero-order valence-corrected chi connectivity index (χ0v) is 16.6. The van der Waals surface area contributed by atoms with Crippen LogP contribution in [-0.4, -0.2) is 30.3 Å². The van der Waals surface area contributed by atoms with Crippen molar-refractivity contribution in [2.75, 3.05) is 12.4 Å². The first kappa shape index (κ1) is 21.3. The highest BCUT2D eigenvalue weighted by molar-refractivity contribution is 7.98. The maximum atomic E-state index is 12.4. The van der Waals surface area contributed by atoms with Crippen LogP contribution >= 0.6 is 23.4 Å². The van der Waals surface area contributed by atoms with Crippen LogP contribution in [0.3, 0.4) is 0 Å². The van der Waals surface area contributed by atoms with Gasteiger partial charge in [0.25, 0.3) is 0 Å². The fraction of sp³-hybridized carbons (Fsp3) is 0.300. The lowest BCUT2D eigenvalue weighted by Gasteiger charge is -2.20. The summed E-state index contributed by atoms with van der Waals surface area (Å²) >= 11 is 7.41. The SMILES string of the molecule is CCOC(=O)[C@H](NC(=O)C(N)CSCc1ccc(Cl)cc1)c1ccccc1. The normalized spacial score (nSPS) is 12.9. The van der Waals surface area contributed by atoms with Crippen LogP contribution in [0.25, 0.3) is 0 Å². The molecule has 2 aromatic rings. The molecule has 1 amide bonds. The predicted molar refractivity (Wildman–Crippen MR) is 110 cm³/mol. The van der Waals surface area contributed by atoms with Crippen LogP contribution in [-0.2, 0) is 20.1 Å². The molecule has 1 unspecified atom stereocenters. The van der Waals surface area contributed by atoms with Crippen molar-refractivity contribution in [1.29, 1.82) is 0 Å². The Balaban J connectivity index is 1.91. The Labute approximate surface area is 168 Å². The molecule has 0 saturated carbocycles. The fourth-order valence-corrected chi connectivity index (χ4v) is 3.44. The van der Waals surface area contributed by atoms with Gasteiger partial charge in [0.1, 0.15) is 0 Å². The second kappa shape index (κ2) is 11.0. The average molecular weight is 407 g/mol. The topological polar surface area (TPSA) is 81.4 Å². The molecule has 0 aliphatic heterocycles. The first-order valence-corrected chi connectivity index (χ1v) is 10.1. The lowest BCUT2D eigenvalue weighted by molar-refractivity contribution is -0.147. The molecule has 7 heteroatoms. The molecule has 2 aromatic carbocycles. The summed E-state index contributed by atoms with van der Waals surface area (Å²) in [5.41, 5.74) is 7.76. The van der Waals surface area contributed by atoms with Crippen molar-refractivity contribution >= 4 is 35.2 Å². The Morgan fingerprint density at radius 2 is 1.81 bits per heavy atom. The molecule has 5 nitrogen and oxygen atoms in total. The van der Waals surface area contributed by atoms with Crippen LogP contribution in [0, 0.1) is 0 Å². The monoisotopic (exact) mass is 406 g/mol. The van der Waals surface area contributed by atoms with E-state index in [-0.39, 0.29) is 12.5 Å². The van der Waals surface area contributed by atoms with Crippen LogP contribution in [0.15, 0.2) is 54.6 Å². The van der Waals surface area contributed by atoms with Gasteiger partial charge in [0.15, 0.2) is 6.04 Å². The largest absolute Gasteiger partial charge is 0.464 e. The Hall–Kier alpha value is -2.02. The molecular formula is C20H23ClN2O3S. The molecule has 3 N–H and O–H groups in total. The number of carbonyl (C=O) groups is 2. The Kier molecular flexibility index (Phi) is 8.64. The molecular weight excluding hydrogens is 384 g/mol. The van der Waals surface area contributed by atoms with Crippen LogP contribution in [0.4, 0.5) is 0 Å². The molecule has 2 rings (SSSR count). The smallest absolute Gasteiger partial charge is 0.333 e. The van der Waals surface area contributed by atoms with E-state index in [0.29, 0.717) is 16.3 Å². The summed E-state index contributed by atoms with van der Waals surface area (Å²) in [5, 5.41) is 3.39. The number of nitrogens with one attached hydrogen (secondary N) is 1. The molecule has 27 heavy (non-hydrogen) atoms. The van der Waals surface area contributed by atoms with E-state index in [1.807, 2.05) is 30.3 Å². The van der Waals surface area contributed by atoms with Crippen LogP contribution in [0.2, 0.25) is 5.02 Å². The van der Waals surface area contributed by atoms with Gasteiger partial charge in [-0.25, -0.2) is 4.79 Å². The molecule has 0 radical (unpaired) electrons. The minimum atomic E-state index is -0.869. The average Bonchev–Trinajstić information content (AvgIpc) is 2.68. The number of carbonyl (C=O) groups excluding carboxylic acids is 2. The van der Waals surface area contributed by atoms with E-state index in [1.54, 1.807) is 43.0 Å². The van der Waals surface area contributed by atoms with E-state index in [4.69, 9.17) is 22.1 Å². The molecule has 0 saturated heterocycles. The summed E-state index contributed by atoms with van der Waals surface area (Å²) < 4.78 is 5.08. The Morgan fingerprint density at radius 3 is 2.44 bits per heavy atom. The number of nitrogens with two attached hydrogens (primary N) is 1. The number of halogens is 1. The minimum absolute atomic E-state index is 0.237. The summed E-state index contributed by atoms with van der Waals surface area (Å²) in [5.74, 6) is 0.260. The van der Waals surface area contributed by atoms with E-state index in [1.165, 1.54) is 0 Å². The summed E-state index contributed by atoms with van der Waals surface area (Å²) in [6.07, 6.45) is 0. The van der Waals surface area contributed by atoms with Gasteiger partial charge < -0.3 is 15.8 Å². The number of esters is 1. The van der Waals surface area contributed by atoms with Crippen LogP contribution in [0.5, 0.6) is 0 Å². The number of rotatable bonds is 9. The van der Waals surface area contributed by atoms with E-state index < -0.39 is 18.1 Å². The molecule has 0 spiro atoms. The molecule has 0 aromatic heterocycles. The van der Waals surface area contributed by atoms with Gasteiger partial charge in [0, 0.05) is 16.5 Å². The van der Waals surface area contributed by atoms with Crippen LogP contribution < -0.4 is 11.1 Å². The highest BCUT2D eigenvalue weighted by Gasteiger charge is 2.26. The van der Waals surface area contributed by atoms with Gasteiger partial charge in [-0.15, -0.1) is 0 Å². The molecule has 0 bridgehead atoms. The van der Waals surface area contributed by atoms with E-state index in [9.17, 15) is 9.59 Å². The highest BCUT2D eigenvalue weighted by Crippen LogP contribution is 2.17. The molecule has 2 atom stereocenters. The van der Waals surface area contributed by atoms with Crippen molar-refractivity contribution in [2.24, 2.45) is 5.73 Å². The lowest BCUT2D eigenvalue weighted by Crippen LogP contribution is -2.46. The third kappa shape index (κ3) is 6.90. The van der Waals surface area contributed by atoms with Crippen molar-refractivity contribution in [1.82, 2.24) is 5.32 Å². The van der Waals surface area contributed by atoms with Gasteiger partial charge in [-0.1, -0.05) is 54.1 Å². The fourth-order valence-electron chi connectivity index (χ4n) is 2.36. The third-order valence-corrected chi connectivity index (χ3v) is 5.14. The Morgan fingerprint density at radius 1 is 1.15 bits per heavy atom. The second-order valence-corrected chi connectivity index (χ2v) is 7.32. The van der Waals surface area contributed by atoms with Crippen molar-refractivity contribution in [3.8, 4) is 0 Å². The number of hydrogen-bond acceptors (Lipinski definition) is 5. The predicted octanol–water partition coefficient (Wildman–Crippen LogP) is 3.32. The summed E-state index contributed by atoms with van der Waals surface area (Å²) in [6, 6.07) is 14.9.